The van der Waals surface area contributed by atoms with E-state index in [0.29, 0.717) is 6.42 Å². The summed E-state index contributed by atoms with van der Waals surface area (Å²) < 4.78 is 5.44. The minimum atomic E-state index is -0.0249. The Labute approximate surface area is 92.7 Å². The van der Waals surface area contributed by atoms with E-state index in [1.165, 1.54) is 5.57 Å². The number of allylic oxidation sites excluding steroid dienone is 1. The van der Waals surface area contributed by atoms with E-state index in [9.17, 15) is 4.79 Å². The van der Waals surface area contributed by atoms with Gasteiger partial charge in [-0.05, 0) is 38.2 Å². The zero-order valence-electron chi connectivity index (χ0n) is 9.92. The molecule has 0 saturated heterocycles. The van der Waals surface area contributed by atoms with Crippen LogP contribution in [0.4, 0.5) is 0 Å². The SMILES string of the molecule is CCCCCC(=O)O[C@H]1CCCC=C1C. The average Bonchev–Trinajstić information content (AvgIpc) is 2.22. The van der Waals surface area contributed by atoms with E-state index in [0.717, 1.165) is 38.5 Å². The summed E-state index contributed by atoms with van der Waals surface area (Å²) in [4.78, 5) is 11.5. The van der Waals surface area contributed by atoms with Crippen molar-refractivity contribution < 1.29 is 9.53 Å². The number of hydrogen-bond donors (Lipinski definition) is 0. The molecule has 0 spiro atoms. The average molecular weight is 210 g/mol. The van der Waals surface area contributed by atoms with Crippen molar-refractivity contribution in [2.45, 2.75) is 64.9 Å². The van der Waals surface area contributed by atoms with E-state index < -0.39 is 0 Å². The molecule has 2 heteroatoms. The fraction of sp³-hybridized carbons (Fsp3) is 0.769. The lowest BCUT2D eigenvalue weighted by atomic mass is 9.98. The van der Waals surface area contributed by atoms with E-state index in [-0.39, 0.29) is 12.1 Å². The molecule has 0 bridgehead atoms. The molecule has 2 nitrogen and oxygen atoms in total. The van der Waals surface area contributed by atoms with Crippen molar-refractivity contribution in [1.29, 1.82) is 0 Å². The highest BCUT2D eigenvalue weighted by Crippen LogP contribution is 2.21. The third kappa shape index (κ3) is 4.50. The van der Waals surface area contributed by atoms with Gasteiger partial charge in [-0.15, -0.1) is 0 Å². The number of carbonyl (C=O) groups excluding carboxylic acids is 1. The molecule has 0 saturated carbocycles. The van der Waals surface area contributed by atoms with E-state index in [1.807, 2.05) is 0 Å². The Hall–Kier alpha value is -0.790. The van der Waals surface area contributed by atoms with Gasteiger partial charge in [0.05, 0.1) is 0 Å². The minimum Gasteiger partial charge on any atom is -0.458 e. The molecule has 1 aliphatic carbocycles. The largest absolute Gasteiger partial charge is 0.458 e. The van der Waals surface area contributed by atoms with E-state index in [2.05, 4.69) is 19.9 Å². The lowest BCUT2D eigenvalue weighted by molar-refractivity contribution is -0.148. The van der Waals surface area contributed by atoms with Crippen molar-refractivity contribution in [1.82, 2.24) is 0 Å². The summed E-state index contributed by atoms with van der Waals surface area (Å²) in [7, 11) is 0. The van der Waals surface area contributed by atoms with Gasteiger partial charge < -0.3 is 4.74 Å². The van der Waals surface area contributed by atoms with Gasteiger partial charge in [-0.3, -0.25) is 4.79 Å². The van der Waals surface area contributed by atoms with E-state index in [1.54, 1.807) is 0 Å². The van der Waals surface area contributed by atoms with Crippen LogP contribution in [0.1, 0.15) is 58.8 Å². The van der Waals surface area contributed by atoms with Gasteiger partial charge in [-0.2, -0.15) is 0 Å². The van der Waals surface area contributed by atoms with Crippen molar-refractivity contribution in [2.24, 2.45) is 0 Å². The Morgan fingerprint density at radius 1 is 1.53 bits per heavy atom. The highest BCUT2D eigenvalue weighted by atomic mass is 16.5. The standard InChI is InChI=1S/C13H22O2/c1-3-4-5-10-13(14)15-12-9-7-6-8-11(12)2/h8,12H,3-7,9-10H2,1-2H3/t12-/m0/s1. The summed E-state index contributed by atoms with van der Waals surface area (Å²) in [6, 6.07) is 0. The molecule has 1 aliphatic rings. The Morgan fingerprint density at radius 2 is 2.33 bits per heavy atom. The lowest BCUT2D eigenvalue weighted by Crippen LogP contribution is -2.21. The van der Waals surface area contributed by atoms with Gasteiger partial charge in [0.25, 0.3) is 0 Å². The normalized spacial score (nSPS) is 20.9. The number of unbranched alkanes of at least 4 members (excludes halogenated alkanes) is 2. The topological polar surface area (TPSA) is 26.3 Å². The first-order valence-electron chi connectivity index (χ1n) is 6.10. The van der Waals surface area contributed by atoms with Gasteiger partial charge in [0.2, 0.25) is 0 Å². The van der Waals surface area contributed by atoms with Crippen molar-refractivity contribution in [3.05, 3.63) is 11.6 Å². The van der Waals surface area contributed by atoms with Gasteiger partial charge >= 0.3 is 5.97 Å². The molecule has 0 amide bonds. The molecule has 0 aromatic carbocycles. The van der Waals surface area contributed by atoms with Crippen LogP contribution < -0.4 is 0 Å². The fourth-order valence-electron chi connectivity index (χ4n) is 1.88. The van der Waals surface area contributed by atoms with Crippen molar-refractivity contribution in [2.75, 3.05) is 0 Å². The van der Waals surface area contributed by atoms with E-state index in [4.69, 9.17) is 4.74 Å². The monoisotopic (exact) mass is 210 g/mol. The molecular formula is C13H22O2. The van der Waals surface area contributed by atoms with Crippen LogP contribution in [0.15, 0.2) is 11.6 Å². The van der Waals surface area contributed by atoms with E-state index >= 15 is 0 Å². The molecular weight excluding hydrogens is 188 g/mol. The molecule has 0 heterocycles. The quantitative estimate of drug-likeness (QED) is 0.393. The fourth-order valence-corrected chi connectivity index (χ4v) is 1.88. The molecule has 1 rings (SSSR count). The van der Waals surface area contributed by atoms with Gasteiger partial charge in [0.15, 0.2) is 0 Å². The number of rotatable bonds is 5. The molecule has 0 fully saturated rings. The second-order valence-corrected chi connectivity index (χ2v) is 4.31. The van der Waals surface area contributed by atoms with Crippen LogP contribution in [0.2, 0.25) is 0 Å². The molecule has 86 valence electrons. The molecule has 0 aromatic heterocycles. The van der Waals surface area contributed by atoms with Crippen LogP contribution in [0.25, 0.3) is 0 Å². The first-order chi connectivity index (χ1) is 7.24. The smallest absolute Gasteiger partial charge is 0.306 e. The van der Waals surface area contributed by atoms with Crippen molar-refractivity contribution in [3.63, 3.8) is 0 Å². The van der Waals surface area contributed by atoms with Crippen LogP contribution in [-0.2, 0) is 9.53 Å². The Kier molecular flexibility index (Phi) is 5.44. The molecule has 0 aliphatic heterocycles. The number of carbonyl (C=O) groups is 1. The summed E-state index contributed by atoms with van der Waals surface area (Å²) in [5.74, 6) is -0.0249. The summed E-state index contributed by atoms with van der Waals surface area (Å²) in [6.07, 6.45) is 9.34. The maximum Gasteiger partial charge on any atom is 0.306 e. The predicted octanol–water partition coefficient (Wildman–Crippen LogP) is 3.61. The number of hydrogen-bond acceptors (Lipinski definition) is 2. The number of esters is 1. The molecule has 0 unspecified atom stereocenters. The maximum atomic E-state index is 11.5. The molecule has 1 atom stereocenters. The minimum absolute atomic E-state index is 0.0249. The summed E-state index contributed by atoms with van der Waals surface area (Å²) in [5, 5.41) is 0. The van der Waals surface area contributed by atoms with Gasteiger partial charge in [0, 0.05) is 6.42 Å². The Bertz CT molecular complexity index is 231. The summed E-state index contributed by atoms with van der Waals surface area (Å²) in [5.41, 5.74) is 1.23. The number of ether oxygens (including phenoxy) is 1. The second-order valence-electron chi connectivity index (χ2n) is 4.31. The zero-order valence-corrected chi connectivity index (χ0v) is 9.92. The maximum absolute atomic E-state index is 11.5. The Balaban J connectivity index is 2.24. The van der Waals surface area contributed by atoms with Crippen molar-refractivity contribution >= 4 is 5.97 Å². The summed E-state index contributed by atoms with van der Waals surface area (Å²) in [6.45, 7) is 4.20. The third-order valence-electron chi connectivity index (χ3n) is 2.90. The highest BCUT2D eigenvalue weighted by Gasteiger charge is 2.18. The lowest BCUT2D eigenvalue weighted by Gasteiger charge is -2.22. The van der Waals surface area contributed by atoms with Crippen LogP contribution >= 0.6 is 0 Å². The molecule has 0 N–H and O–H groups in total. The first-order valence-corrected chi connectivity index (χ1v) is 6.10. The molecule has 0 radical (unpaired) electrons. The van der Waals surface area contributed by atoms with Crippen LogP contribution in [0, 0.1) is 0 Å². The molecule has 0 aromatic rings. The van der Waals surface area contributed by atoms with Crippen LogP contribution in [0.3, 0.4) is 0 Å². The van der Waals surface area contributed by atoms with Gasteiger partial charge in [-0.1, -0.05) is 25.8 Å². The van der Waals surface area contributed by atoms with Gasteiger partial charge in [-0.25, -0.2) is 0 Å². The second kappa shape index (κ2) is 6.65. The van der Waals surface area contributed by atoms with Crippen LogP contribution in [0.5, 0.6) is 0 Å². The van der Waals surface area contributed by atoms with Crippen LogP contribution in [-0.4, -0.2) is 12.1 Å². The highest BCUT2D eigenvalue weighted by molar-refractivity contribution is 5.69. The van der Waals surface area contributed by atoms with Gasteiger partial charge in [0.1, 0.15) is 6.10 Å². The zero-order chi connectivity index (χ0) is 11.1. The predicted molar refractivity (Wildman–Crippen MR) is 61.6 cm³/mol. The summed E-state index contributed by atoms with van der Waals surface area (Å²) >= 11 is 0. The van der Waals surface area contributed by atoms with Crippen molar-refractivity contribution in [3.8, 4) is 0 Å². The molecule has 15 heavy (non-hydrogen) atoms. The Morgan fingerprint density at radius 3 is 3.00 bits per heavy atom. The first kappa shape index (κ1) is 12.3. The third-order valence-corrected chi connectivity index (χ3v) is 2.90.